The van der Waals surface area contributed by atoms with E-state index in [4.69, 9.17) is 15.3 Å². The Balaban J connectivity index is 2.46. The molecular weight excluding hydrogens is 208 g/mol. The van der Waals surface area contributed by atoms with Crippen LogP contribution in [0.4, 0.5) is 0 Å². The lowest BCUT2D eigenvalue weighted by atomic mass is 10.1. The van der Waals surface area contributed by atoms with E-state index in [1.165, 1.54) is 0 Å². The van der Waals surface area contributed by atoms with Crippen LogP contribution in [0.1, 0.15) is 12.8 Å². The molecule has 1 aliphatic rings. The topological polar surface area (TPSA) is 72.1 Å². The Morgan fingerprint density at radius 1 is 1.56 bits per heavy atom. The number of aliphatic imine (C=N–C) groups is 1. The first-order valence-corrected chi connectivity index (χ1v) is 5.60. The summed E-state index contributed by atoms with van der Waals surface area (Å²) in [5.41, 5.74) is 2.64. The zero-order valence-electron chi connectivity index (χ0n) is 10.1. The van der Waals surface area contributed by atoms with E-state index < -0.39 is 0 Å². The van der Waals surface area contributed by atoms with Gasteiger partial charge in [0.05, 0.1) is 13.2 Å². The van der Waals surface area contributed by atoms with Gasteiger partial charge in [0.1, 0.15) is 0 Å². The highest BCUT2D eigenvalue weighted by atomic mass is 16.5. The molecule has 1 heterocycles. The number of hydrogen-bond donors (Lipinski definition) is 2. The average molecular weight is 230 g/mol. The van der Waals surface area contributed by atoms with Crippen molar-refractivity contribution < 1.29 is 9.47 Å². The Labute approximate surface area is 96.8 Å². The van der Waals surface area contributed by atoms with E-state index >= 15 is 0 Å². The molecule has 1 rings (SSSR count). The molecule has 0 saturated carbocycles. The van der Waals surface area contributed by atoms with Crippen LogP contribution in [0.15, 0.2) is 4.99 Å². The molecule has 0 aromatic heterocycles. The summed E-state index contributed by atoms with van der Waals surface area (Å²) in [7, 11) is 3.66. The largest absolute Gasteiger partial charge is 0.383 e. The van der Waals surface area contributed by atoms with Gasteiger partial charge in [0.2, 0.25) is 5.96 Å². The SMILES string of the molecule is COCCN=C(NN)N(C)C1CCOCC1. The molecule has 0 aliphatic carbocycles. The Kier molecular flexibility index (Phi) is 6.14. The Morgan fingerprint density at radius 3 is 2.81 bits per heavy atom. The quantitative estimate of drug-likeness (QED) is 0.225. The predicted octanol–water partition coefficient (Wildman–Crippen LogP) is -0.437. The number of ether oxygens (including phenoxy) is 2. The summed E-state index contributed by atoms with van der Waals surface area (Å²) in [6, 6.07) is 0.450. The number of nitrogens with two attached hydrogens (primary N) is 1. The predicted molar refractivity (Wildman–Crippen MR) is 63.1 cm³/mol. The second kappa shape index (κ2) is 7.43. The molecule has 0 amide bonds. The summed E-state index contributed by atoms with van der Waals surface area (Å²) in [5, 5.41) is 0. The van der Waals surface area contributed by atoms with Gasteiger partial charge >= 0.3 is 0 Å². The van der Waals surface area contributed by atoms with E-state index in [1.807, 2.05) is 7.05 Å². The van der Waals surface area contributed by atoms with Gasteiger partial charge in [0, 0.05) is 33.4 Å². The van der Waals surface area contributed by atoms with Crippen molar-refractivity contribution in [1.82, 2.24) is 10.3 Å². The van der Waals surface area contributed by atoms with Gasteiger partial charge in [-0.1, -0.05) is 0 Å². The van der Waals surface area contributed by atoms with Crippen molar-refractivity contribution in [2.75, 3.05) is 40.5 Å². The summed E-state index contributed by atoms with van der Waals surface area (Å²) in [6.45, 7) is 2.84. The summed E-state index contributed by atoms with van der Waals surface area (Å²) in [4.78, 5) is 6.43. The van der Waals surface area contributed by atoms with Gasteiger partial charge in [-0.2, -0.15) is 0 Å². The van der Waals surface area contributed by atoms with Crippen LogP contribution in [-0.4, -0.2) is 57.4 Å². The van der Waals surface area contributed by atoms with Crippen LogP contribution in [0, 0.1) is 0 Å². The molecule has 6 heteroatoms. The van der Waals surface area contributed by atoms with Crippen LogP contribution in [0.2, 0.25) is 0 Å². The minimum Gasteiger partial charge on any atom is -0.383 e. The summed E-state index contributed by atoms with van der Waals surface area (Å²) in [6.07, 6.45) is 2.03. The molecule has 1 saturated heterocycles. The van der Waals surface area contributed by atoms with Crippen molar-refractivity contribution in [3.05, 3.63) is 0 Å². The lowest BCUT2D eigenvalue weighted by molar-refractivity contribution is 0.0596. The third-order valence-corrected chi connectivity index (χ3v) is 2.76. The number of nitrogens with one attached hydrogen (secondary N) is 1. The molecule has 6 nitrogen and oxygen atoms in total. The number of rotatable bonds is 4. The van der Waals surface area contributed by atoms with E-state index in [0.717, 1.165) is 26.1 Å². The van der Waals surface area contributed by atoms with Crippen LogP contribution < -0.4 is 11.3 Å². The molecule has 0 aromatic rings. The van der Waals surface area contributed by atoms with Crippen molar-refractivity contribution >= 4 is 5.96 Å². The average Bonchev–Trinajstić information content (AvgIpc) is 2.35. The van der Waals surface area contributed by atoms with Crippen LogP contribution >= 0.6 is 0 Å². The van der Waals surface area contributed by atoms with Crippen molar-refractivity contribution in [2.45, 2.75) is 18.9 Å². The molecular formula is C10H22N4O2. The molecule has 0 radical (unpaired) electrons. The zero-order valence-corrected chi connectivity index (χ0v) is 10.1. The molecule has 94 valence electrons. The molecule has 1 fully saturated rings. The third-order valence-electron chi connectivity index (χ3n) is 2.76. The summed E-state index contributed by atoms with van der Waals surface area (Å²) < 4.78 is 10.3. The second-order valence-corrected chi connectivity index (χ2v) is 3.80. The van der Waals surface area contributed by atoms with Crippen molar-refractivity contribution in [3.63, 3.8) is 0 Å². The maximum Gasteiger partial charge on any atom is 0.208 e. The van der Waals surface area contributed by atoms with Crippen LogP contribution in [0.25, 0.3) is 0 Å². The monoisotopic (exact) mass is 230 g/mol. The maximum atomic E-state index is 5.47. The molecule has 0 spiro atoms. The normalized spacial score (nSPS) is 18.6. The van der Waals surface area contributed by atoms with Gasteiger partial charge in [-0.15, -0.1) is 0 Å². The lowest BCUT2D eigenvalue weighted by Gasteiger charge is -2.32. The van der Waals surface area contributed by atoms with Crippen molar-refractivity contribution in [1.29, 1.82) is 0 Å². The van der Waals surface area contributed by atoms with Gasteiger partial charge in [-0.3, -0.25) is 5.43 Å². The number of guanidine groups is 1. The second-order valence-electron chi connectivity index (χ2n) is 3.80. The third kappa shape index (κ3) is 3.96. The first-order chi connectivity index (χ1) is 7.79. The lowest BCUT2D eigenvalue weighted by Crippen LogP contribution is -2.49. The molecule has 0 aromatic carbocycles. The van der Waals surface area contributed by atoms with Crippen molar-refractivity contribution in [2.24, 2.45) is 10.8 Å². The van der Waals surface area contributed by atoms with Gasteiger partial charge in [-0.25, -0.2) is 10.8 Å². The fraction of sp³-hybridized carbons (Fsp3) is 0.900. The summed E-state index contributed by atoms with van der Waals surface area (Å²) >= 11 is 0. The minimum absolute atomic E-state index is 0.450. The Bertz CT molecular complexity index is 217. The molecule has 1 aliphatic heterocycles. The zero-order chi connectivity index (χ0) is 11.8. The standard InChI is InChI=1S/C10H22N4O2/c1-14(9-3-6-16-7-4-9)10(13-11)12-5-8-15-2/h9H,3-8,11H2,1-2H3,(H,12,13). The first kappa shape index (κ1) is 13.2. The van der Waals surface area contributed by atoms with Gasteiger partial charge in [0.15, 0.2) is 0 Å². The van der Waals surface area contributed by atoms with Crippen molar-refractivity contribution in [3.8, 4) is 0 Å². The van der Waals surface area contributed by atoms with E-state index in [0.29, 0.717) is 25.2 Å². The van der Waals surface area contributed by atoms with Gasteiger partial charge in [-0.05, 0) is 12.8 Å². The maximum absolute atomic E-state index is 5.47. The first-order valence-electron chi connectivity index (χ1n) is 5.60. The van der Waals surface area contributed by atoms with Crippen LogP contribution in [-0.2, 0) is 9.47 Å². The number of hydrogen-bond acceptors (Lipinski definition) is 4. The Hall–Kier alpha value is -0.850. The van der Waals surface area contributed by atoms with Gasteiger partial charge in [0.25, 0.3) is 0 Å². The number of hydrazine groups is 1. The van der Waals surface area contributed by atoms with E-state index in [9.17, 15) is 0 Å². The molecule has 3 N–H and O–H groups in total. The van der Waals surface area contributed by atoms with E-state index in [1.54, 1.807) is 7.11 Å². The van der Waals surface area contributed by atoms with Gasteiger partial charge < -0.3 is 14.4 Å². The molecule has 0 atom stereocenters. The highest BCUT2D eigenvalue weighted by Gasteiger charge is 2.20. The number of methoxy groups -OCH3 is 1. The highest BCUT2D eigenvalue weighted by molar-refractivity contribution is 5.79. The minimum atomic E-state index is 0.450. The van der Waals surface area contributed by atoms with E-state index in [2.05, 4.69) is 15.3 Å². The Morgan fingerprint density at radius 2 is 2.25 bits per heavy atom. The van der Waals surface area contributed by atoms with Crippen LogP contribution in [0.3, 0.4) is 0 Å². The highest BCUT2D eigenvalue weighted by Crippen LogP contribution is 2.12. The smallest absolute Gasteiger partial charge is 0.208 e. The molecule has 16 heavy (non-hydrogen) atoms. The fourth-order valence-electron chi connectivity index (χ4n) is 1.75. The molecule has 0 bridgehead atoms. The summed E-state index contributed by atoms with van der Waals surface area (Å²) in [5.74, 6) is 6.18. The molecule has 0 unspecified atom stereocenters. The van der Waals surface area contributed by atoms with Crippen LogP contribution in [0.5, 0.6) is 0 Å². The fourth-order valence-corrected chi connectivity index (χ4v) is 1.75. The van der Waals surface area contributed by atoms with E-state index in [-0.39, 0.29) is 0 Å². The number of nitrogens with zero attached hydrogens (tertiary/aromatic N) is 2.